The summed E-state index contributed by atoms with van der Waals surface area (Å²) in [6.07, 6.45) is 1.50. The van der Waals surface area contributed by atoms with Gasteiger partial charge in [-0.25, -0.2) is 0 Å². The zero-order valence-corrected chi connectivity index (χ0v) is 20.7. The second-order valence-electron chi connectivity index (χ2n) is 7.79. The number of thiocarbonyl (C=S) groups is 1. The molecule has 0 aliphatic carbocycles. The molecule has 2 N–H and O–H groups in total. The third-order valence-corrected chi connectivity index (χ3v) is 6.01. The maximum Gasteiger partial charge on any atom is 0.289 e. The molecule has 8 nitrogen and oxygen atoms in total. The van der Waals surface area contributed by atoms with Crippen molar-refractivity contribution in [2.24, 2.45) is 0 Å². The topological polar surface area (TPSA) is 87.0 Å². The van der Waals surface area contributed by atoms with Gasteiger partial charge in [-0.05, 0) is 73.7 Å². The number of halogens is 1. The first-order chi connectivity index (χ1) is 16.9. The first-order valence-corrected chi connectivity index (χ1v) is 12.0. The molecule has 0 bridgehead atoms. The minimum Gasteiger partial charge on any atom is -0.494 e. The second kappa shape index (κ2) is 11.2. The van der Waals surface area contributed by atoms with E-state index >= 15 is 0 Å². The maximum atomic E-state index is 12.5. The molecule has 0 saturated carbocycles. The standard InChI is InChI=1S/C25H25ClN4O4S/c1-2-33-19-8-5-17(6-9-19)23(31)28-25(35)27-18-7-10-21(20(26)16-18)29-11-13-30(14-12-29)24(32)22-4-3-15-34-22/h3-10,15-16H,2,11-14H2,1H3,(H2,27,28,31,35). The van der Waals surface area contributed by atoms with Gasteiger partial charge in [0.15, 0.2) is 10.9 Å². The van der Waals surface area contributed by atoms with Crippen LogP contribution in [0.25, 0.3) is 0 Å². The lowest BCUT2D eigenvalue weighted by molar-refractivity contribution is 0.0714. The number of furan rings is 1. The molecule has 1 fully saturated rings. The van der Waals surface area contributed by atoms with E-state index in [0.29, 0.717) is 60.6 Å². The Morgan fingerprint density at radius 2 is 1.83 bits per heavy atom. The van der Waals surface area contributed by atoms with Crippen LogP contribution in [0.3, 0.4) is 0 Å². The second-order valence-corrected chi connectivity index (χ2v) is 8.60. The van der Waals surface area contributed by atoms with E-state index in [0.717, 1.165) is 5.69 Å². The number of benzene rings is 2. The van der Waals surface area contributed by atoms with Gasteiger partial charge in [-0.15, -0.1) is 0 Å². The smallest absolute Gasteiger partial charge is 0.289 e. The van der Waals surface area contributed by atoms with Crippen LogP contribution in [0.15, 0.2) is 65.3 Å². The highest BCUT2D eigenvalue weighted by molar-refractivity contribution is 7.80. The minimum atomic E-state index is -0.324. The van der Waals surface area contributed by atoms with Crippen LogP contribution in [-0.2, 0) is 0 Å². The van der Waals surface area contributed by atoms with Gasteiger partial charge in [0.05, 0.1) is 23.6 Å². The van der Waals surface area contributed by atoms with Crippen LogP contribution in [0.4, 0.5) is 11.4 Å². The van der Waals surface area contributed by atoms with Crippen LogP contribution in [0.5, 0.6) is 5.75 Å². The average Bonchev–Trinajstić information content (AvgIpc) is 3.39. The lowest BCUT2D eigenvalue weighted by atomic mass is 10.2. The van der Waals surface area contributed by atoms with E-state index in [4.69, 9.17) is 33.0 Å². The Labute approximate surface area is 213 Å². The molecule has 1 aliphatic heterocycles. The van der Waals surface area contributed by atoms with Crippen molar-refractivity contribution in [2.75, 3.05) is 43.0 Å². The van der Waals surface area contributed by atoms with E-state index in [1.807, 2.05) is 19.1 Å². The van der Waals surface area contributed by atoms with Crippen LogP contribution in [0.2, 0.25) is 5.02 Å². The molecule has 1 saturated heterocycles. The van der Waals surface area contributed by atoms with E-state index in [2.05, 4.69) is 15.5 Å². The third-order valence-electron chi connectivity index (χ3n) is 5.50. The first kappa shape index (κ1) is 24.6. The van der Waals surface area contributed by atoms with Crippen molar-refractivity contribution < 1.29 is 18.7 Å². The monoisotopic (exact) mass is 512 g/mol. The van der Waals surface area contributed by atoms with Gasteiger partial charge in [0.25, 0.3) is 11.8 Å². The number of hydrogen-bond acceptors (Lipinski definition) is 6. The zero-order valence-electron chi connectivity index (χ0n) is 19.1. The maximum absolute atomic E-state index is 12.5. The Bertz CT molecular complexity index is 1190. The summed E-state index contributed by atoms with van der Waals surface area (Å²) in [6, 6.07) is 15.7. The van der Waals surface area contributed by atoms with Gasteiger partial charge in [-0.3, -0.25) is 14.9 Å². The van der Waals surface area contributed by atoms with Crippen LogP contribution < -0.4 is 20.3 Å². The highest BCUT2D eigenvalue weighted by Crippen LogP contribution is 2.30. The van der Waals surface area contributed by atoms with Gasteiger partial charge < -0.3 is 24.3 Å². The summed E-state index contributed by atoms with van der Waals surface area (Å²) in [7, 11) is 0. The molecule has 0 unspecified atom stereocenters. The third kappa shape index (κ3) is 6.12. The van der Waals surface area contributed by atoms with Crippen molar-refractivity contribution in [2.45, 2.75) is 6.92 Å². The number of ether oxygens (including phenoxy) is 1. The van der Waals surface area contributed by atoms with Crippen LogP contribution in [0.1, 0.15) is 27.8 Å². The quantitative estimate of drug-likeness (QED) is 0.473. The van der Waals surface area contributed by atoms with Gasteiger partial charge in [0.2, 0.25) is 0 Å². The molecule has 1 aromatic heterocycles. The Morgan fingerprint density at radius 1 is 1.09 bits per heavy atom. The number of carbonyl (C=O) groups excluding carboxylic acids is 2. The largest absolute Gasteiger partial charge is 0.494 e. The Hall–Kier alpha value is -3.56. The molecule has 10 heteroatoms. The predicted molar refractivity (Wildman–Crippen MR) is 140 cm³/mol. The van der Waals surface area contributed by atoms with Gasteiger partial charge in [-0.2, -0.15) is 0 Å². The molecule has 2 amide bonds. The van der Waals surface area contributed by atoms with E-state index in [1.165, 1.54) is 6.26 Å². The molecule has 182 valence electrons. The zero-order chi connectivity index (χ0) is 24.8. The van der Waals surface area contributed by atoms with Crippen molar-refractivity contribution in [3.05, 3.63) is 77.2 Å². The fraction of sp³-hybridized carbons (Fsp3) is 0.240. The fourth-order valence-corrected chi connectivity index (χ4v) is 4.27. The number of nitrogens with zero attached hydrogens (tertiary/aromatic N) is 2. The normalized spacial score (nSPS) is 13.3. The Morgan fingerprint density at radius 3 is 2.46 bits per heavy atom. The number of hydrogen-bond donors (Lipinski definition) is 2. The predicted octanol–water partition coefficient (Wildman–Crippen LogP) is 4.42. The summed E-state index contributed by atoms with van der Waals surface area (Å²) >= 11 is 11.8. The molecule has 2 heterocycles. The molecule has 2 aromatic carbocycles. The van der Waals surface area contributed by atoms with E-state index in [-0.39, 0.29) is 16.9 Å². The molecular formula is C25H25ClN4O4S. The molecule has 0 atom stereocenters. The van der Waals surface area contributed by atoms with E-state index in [9.17, 15) is 9.59 Å². The van der Waals surface area contributed by atoms with E-state index in [1.54, 1.807) is 47.4 Å². The summed E-state index contributed by atoms with van der Waals surface area (Å²) in [4.78, 5) is 28.8. The van der Waals surface area contributed by atoms with Crippen LogP contribution >= 0.6 is 23.8 Å². The molecule has 0 spiro atoms. The summed E-state index contributed by atoms with van der Waals surface area (Å²) in [5, 5.41) is 6.36. The van der Waals surface area contributed by atoms with Gasteiger partial charge >= 0.3 is 0 Å². The summed E-state index contributed by atoms with van der Waals surface area (Å²) in [5.41, 5.74) is 1.99. The lowest BCUT2D eigenvalue weighted by Crippen LogP contribution is -2.48. The highest BCUT2D eigenvalue weighted by atomic mass is 35.5. The number of nitrogens with one attached hydrogen (secondary N) is 2. The fourth-order valence-electron chi connectivity index (χ4n) is 3.75. The summed E-state index contributed by atoms with van der Waals surface area (Å²) in [6.45, 7) is 4.89. The average molecular weight is 513 g/mol. The number of anilines is 2. The summed E-state index contributed by atoms with van der Waals surface area (Å²) in [5.74, 6) is 0.610. The SMILES string of the molecule is CCOc1ccc(C(=O)NC(=S)Nc2ccc(N3CCN(C(=O)c4ccco4)CC3)c(Cl)c2)cc1. The number of piperazine rings is 1. The first-order valence-electron chi connectivity index (χ1n) is 11.2. The number of amides is 2. The van der Waals surface area contributed by atoms with Gasteiger partial charge in [0, 0.05) is 37.4 Å². The minimum absolute atomic E-state index is 0.110. The number of rotatable bonds is 6. The molecular weight excluding hydrogens is 488 g/mol. The van der Waals surface area contributed by atoms with Crippen molar-refractivity contribution in [1.29, 1.82) is 0 Å². The molecule has 0 radical (unpaired) electrons. The Kier molecular flexibility index (Phi) is 7.89. The highest BCUT2D eigenvalue weighted by Gasteiger charge is 2.24. The molecule has 35 heavy (non-hydrogen) atoms. The number of carbonyl (C=O) groups is 2. The van der Waals surface area contributed by atoms with Crippen molar-refractivity contribution in [1.82, 2.24) is 10.2 Å². The van der Waals surface area contributed by atoms with Crippen molar-refractivity contribution in [3.8, 4) is 5.75 Å². The lowest BCUT2D eigenvalue weighted by Gasteiger charge is -2.36. The van der Waals surface area contributed by atoms with Gasteiger partial charge in [-0.1, -0.05) is 11.6 Å². The van der Waals surface area contributed by atoms with Crippen LogP contribution in [-0.4, -0.2) is 54.6 Å². The molecule has 4 rings (SSSR count). The van der Waals surface area contributed by atoms with Crippen molar-refractivity contribution in [3.63, 3.8) is 0 Å². The van der Waals surface area contributed by atoms with E-state index < -0.39 is 0 Å². The van der Waals surface area contributed by atoms with Crippen LogP contribution in [0, 0.1) is 0 Å². The summed E-state index contributed by atoms with van der Waals surface area (Å²) < 4.78 is 10.6. The van der Waals surface area contributed by atoms with Gasteiger partial charge in [0.1, 0.15) is 5.75 Å². The Balaban J connectivity index is 1.30. The molecule has 3 aromatic rings. The molecule has 1 aliphatic rings. The van der Waals surface area contributed by atoms with Crippen molar-refractivity contribution >= 4 is 52.1 Å².